The maximum absolute atomic E-state index is 12.3. The molecular formula is C20H27N3O3S2. The number of rotatable bonds is 7. The molecule has 0 spiro atoms. The van der Waals surface area contributed by atoms with Gasteiger partial charge in [-0.15, -0.1) is 11.3 Å². The van der Waals surface area contributed by atoms with E-state index >= 15 is 0 Å². The van der Waals surface area contributed by atoms with Crippen LogP contribution in [0.2, 0.25) is 0 Å². The summed E-state index contributed by atoms with van der Waals surface area (Å²) in [5, 5.41) is 0.721. The predicted molar refractivity (Wildman–Crippen MR) is 114 cm³/mol. The Morgan fingerprint density at radius 1 is 1.21 bits per heavy atom. The highest BCUT2D eigenvalue weighted by molar-refractivity contribution is 7.89. The number of benzene rings is 1. The SMILES string of the molecule is Cc1sc(N(CCC2CCCCC2)c2ccccc2)nc1C(=O)NS(C)(=O)=O. The zero-order valence-electron chi connectivity index (χ0n) is 16.3. The van der Waals surface area contributed by atoms with Gasteiger partial charge in [0, 0.05) is 17.1 Å². The van der Waals surface area contributed by atoms with Gasteiger partial charge in [0.15, 0.2) is 5.13 Å². The topological polar surface area (TPSA) is 79.4 Å². The molecule has 3 rings (SSSR count). The standard InChI is InChI=1S/C20H27N3O3S2/c1-15-18(19(24)22-28(2,25)26)21-20(27-15)23(17-11-7-4-8-12-17)14-13-16-9-5-3-6-10-16/h4,7-8,11-12,16H,3,5-6,9-10,13-14H2,1-2H3,(H,22,24). The summed E-state index contributed by atoms with van der Waals surface area (Å²) in [6.07, 6.45) is 8.56. The third-order valence-electron chi connectivity index (χ3n) is 5.06. The van der Waals surface area contributed by atoms with Crippen molar-refractivity contribution in [3.05, 3.63) is 40.9 Å². The van der Waals surface area contributed by atoms with E-state index in [1.807, 2.05) is 35.1 Å². The molecule has 0 bridgehead atoms. The number of hydrogen-bond donors (Lipinski definition) is 1. The number of para-hydroxylation sites is 1. The lowest BCUT2D eigenvalue weighted by atomic mass is 9.87. The molecule has 152 valence electrons. The first kappa shape index (κ1) is 20.8. The van der Waals surface area contributed by atoms with Gasteiger partial charge in [-0.05, 0) is 31.4 Å². The number of amides is 1. The Balaban J connectivity index is 1.83. The molecule has 1 aliphatic carbocycles. The van der Waals surface area contributed by atoms with Crippen molar-refractivity contribution >= 4 is 38.1 Å². The average Bonchev–Trinajstić information content (AvgIpc) is 3.04. The largest absolute Gasteiger partial charge is 0.318 e. The van der Waals surface area contributed by atoms with Crippen LogP contribution >= 0.6 is 11.3 Å². The molecule has 0 aliphatic heterocycles. The number of thiazole rings is 1. The van der Waals surface area contributed by atoms with Crippen molar-refractivity contribution in [1.82, 2.24) is 9.71 Å². The van der Waals surface area contributed by atoms with Crippen LogP contribution in [-0.2, 0) is 10.0 Å². The lowest BCUT2D eigenvalue weighted by Gasteiger charge is -2.27. The van der Waals surface area contributed by atoms with Crippen LogP contribution in [0.5, 0.6) is 0 Å². The average molecular weight is 422 g/mol. The Kier molecular flexibility index (Phi) is 6.72. The molecule has 1 N–H and O–H groups in total. The lowest BCUT2D eigenvalue weighted by Crippen LogP contribution is -2.30. The Morgan fingerprint density at radius 3 is 2.54 bits per heavy atom. The van der Waals surface area contributed by atoms with Crippen molar-refractivity contribution < 1.29 is 13.2 Å². The quantitative estimate of drug-likeness (QED) is 0.723. The second kappa shape index (κ2) is 9.05. The molecular weight excluding hydrogens is 394 g/mol. The van der Waals surface area contributed by atoms with Gasteiger partial charge in [-0.1, -0.05) is 50.3 Å². The summed E-state index contributed by atoms with van der Waals surface area (Å²) < 4.78 is 24.8. The molecule has 0 radical (unpaired) electrons. The molecule has 2 aromatic rings. The van der Waals surface area contributed by atoms with E-state index in [9.17, 15) is 13.2 Å². The minimum atomic E-state index is -3.62. The Bertz CT molecular complexity index is 904. The Labute approximate surface area is 171 Å². The number of carbonyl (C=O) groups excluding carboxylic acids is 1. The minimum absolute atomic E-state index is 0.170. The molecule has 0 saturated heterocycles. The van der Waals surface area contributed by atoms with Crippen LogP contribution in [0.25, 0.3) is 0 Å². The van der Waals surface area contributed by atoms with Gasteiger partial charge in [-0.2, -0.15) is 0 Å². The Morgan fingerprint density at radius 2 is 1.89 bits per heavy atom. The number of nitrogens with one attached hydrogen (secondary N) is 1. The lowest BCUT2D eigenvalue weighted by molar-refractivity contribution is 0.0977. The van der Waals surface area contributed by atoms with Gasteiger partial charge in [-0.25, -0.2) is 18.1 Å². The van der Waals surface area contributed by atoms with E-state index in [4.69, 9.17) is 0 Å². The highest BCUT2D eigenvalue weighted by Crippen LogP contribution is 2.34. The second-order valence-corrected chi connectivity index (χ2v) is 10.3. The number of carbonyl (C=O) groups is 1. The number of sulfonamides is 1. The maximum Gasteiger partial charge on any atom is 0.284 e. The maximum atomic E-state index is 12.3. The predicted octanol–water partition coefficient (Wildman–Crippen LogP) is 4.25. The monoisotopic (exact) mass is 421 g/mol. The summed E-state index contributed by atoms with van der Waals surface area (Å²) in [5.74, 6) is 0.0526. The van der Waals surface area contributed by atoms with Crippen molar-refractivity contribution in [2.24, 2.45) is 5.92 Å². The Hall–Kier alpha value is -1.93. The summed E-state index contributed by atoms with van der Waals surface area (Å²) in [7, 11) is -3.62. The zero-order valence-corrected chi connectivity index (χ0v) is 18.0. The summed E-state index contributed by atoms with van der Waals surface area (Å²) in [4.78, 5) is 19.6. The van der Waals surface area contributed by atoms with E-state index in [1.54, 1.807) is 6.92 Å². The van der Waals surface area contributed by atoms with Gasteiger partial charge in [0.25, 0.3) is 5.91 Å². The van der Waals surface area contributed by atoms with E-state index in [0.717, 1.165) is 36.0 Å². The molecule has 8 heteroatoms. The molecule has 1 saturated carbocycles. The van der Waals surface area contributed by atoms with Crippen LogP contribution in [0, 0.1) is 12.8 Å². The summed E-state index contributed by atoms with van der Waals surface area (Å²) >= 11 is 1.42. The second-order valence-electron chi connectivity index (χ2n) is 7.38. The molecule has 1 aromatic carbocycles. The molecule has 6 nitrogen and oxygen atoms in total. The third kappa shape index (κ3) is 5.54. The number of aryl methyl sites for hydroxylation is 1. The fourth-order valence-corrected chi connectivity index (χ4v) is 5.04. The number of aromatic nitrogens is 1. The van der Waals surface area contributed by atoms with Crippen LogP contribution < -0.4 is 9.62 Å². The summed E-state index contributed by atoms with van der Waals surface area (Å²) in [6, 6.07) is 10.0. The van der Waals surface area contributed by atoms with E-state index in [-0.39, 0.29) is 5.69 Å². The van der Waals surface area contributed by atoms with Gasteiger partial charge in [-0.3, -0.25) is 4.79 Å². The van der Waals surface area contributed by atoms with Crippen LogP contribution in [0.15, 0.2) is 30.3 Å². The van der Waals surface area contributed by atoms with Crippen molar-refractivity contribution in [2.45, 2.75) is 45.4 Å². The molecule has 0 atom stereocenters. The molecule has 1 aromatic heterocycles. The first-order valence-electron chi connectivity index (χ1n) is 9.65. The number of anilines is 2. The summed E-state index contributed by atoms with van der Waals surface area (Å²) in [5.41, 5.74) is 1.20. The normalized spacial score (nSPS) is 15.4. The van der Waals surface area contributed by atoms with Crippen LogP contribution in [0.4, 0.5) is 10.8 Å². The highest BCUT2D eigenvalue weighted by Gasteiger charge is 2.23. The van der Waals surface area contributed by atoms with Crippen LogP contribution in [0.3, 0.4) is 0 Å². The molecule has 1 heterocycles. The van der Waals surface area contributed by atoms with E-state index in [1.165, 1.54) is 43.4 Å². The number of nitrogens with zero attached hydrogens (tertiary/aromatic N) is 2. The molecule has 28 heavy (non-hydrogen) atoms. The van der Waals surface area contributed by atoms with E-state index in [0.29, 0.717) is 4.88 Å². The van der Waals surface area contributed by atoms with Gasteiger partial charge in [0.2, 0.25) is 10.0 Å². The van der Waals surface area contributed by atoms with Gasteiger partial charge in [0.05, 0.1) is 6.26 Å². The third-order valence-corrected chi connectivity index (χ3v) is 6.61. The fourth-order valence-electron chi connectivity index (χ4n) is 3.66. The van der Waals surface area contributed by atoms with Crippen LogP contribution in [0.1, 0.15) is 53.9 Å². The first-order valence-corrected chi connectivity index (χ1v) is 12.4. The first-order chi connectivity index (χ1) is 13.3. The molecule has 1 amide bonds. The summed E-state index contributed by atoms with van der Waals surface area (Å²) in [6.45, 7) is 2.62. The van der Waals surface area contributed by atoms with Crippen molar-refractivity contribution in [2.75, 3.05) is 17.7 Å². The van der Waals surface area contributed by atoms with Gasteiger partial charge in [0.1, 0.15) is 5.69 Å². The van der Waals surface area contributed by atoms with Gasteiger partial charge >= 0.3 is 0 Å². The fraction of sp³-hybridized carbons (Fsp3) is 0.500. The van der Waals surface area contributed by atoms with Gasteiger partial charge < -0.3 is 4.90 Å². The smallest absolute Gasteiger partial charge is 0.284 e. The molecule has 1 aliphatic rings. The highest BCUT2D eigenvalue weighted by atomic mass is 32.2. The van der Waals surface area contributed by atoms with Crippen molar-refractivity contribution in [1.29, 1.82) is 0 Å². The minimum Gasteiger partial charge on any atom is -0.318 e. The molecule has 0 unspecified atom stereocenters. The van der Waals surface area contributed by atoms with Crippen molar-refractivity contribution in [3.8, 4) is 0 Å². The molecule has 1 fully saturated rings. The zero-order chi connectivity index (χ0) is 20.1. The van der Waals surface area contributed by atoms with E-state index in [2.05, 4.69) is 9.88 Å². The van der Waals surface area contributed by atoms with Crippen molar-refractivity contribution in [3.63, 3.8) is 0 Å². The number of hydrogen-bond acceptors (Lipinski definition) is 6. The van der Waals surface area contributed by atoms with E-state index < -0.39 is 15.9 Å². The van der Waals surface area contributed by atoms with Crippen LogP contribution in [-0.4, -0.2) is 32.1 Å².